The van der Waals surface area contributed by atoms with E-state index in [1.54, 1.807) is 15.3 Å². The molecule has 1 atom stereocenters. The van der Waals surface area contributed by atoms with Gasteiger partial charge in [-0.05, 0) is 49.8 Å². The number of rotatable bonds is 5. The fourth-order valence-corrected chi connectivity index (χ4v) is 4.30. The van der Waals surface area contributed by atoms with E-state index < -0.39 is 5.54 Å². The molecule has 2 fully saturated rings. The lowest BCUT2D eigenvalue weighted by Gasteiger charge is -2.29. The van der Waals surface area contributed by atoms with E-state index in [1.165, 1.54) is 6.42 Å². The predicted molar refractivity (Wildman–Crippen MR) is 105 cm³/mol. The summed E-state index contributed by atoms with van der Waals surface area (Å²) in [4.78, 5) is 13.0. The quantitative estimate of drug-likeness (QED) is 0.723. The maximum atomic E-state index is 13.0. The lowest BCUT2D eigenvalue weighted by Crippen LogP contribution is -2.35. The molecule has 2 aliphatic rings. The number of carbonyl (C=O) groups is 1. The molecule has 0 radical (unpaired) electrons. The van der Waals surface area contributed by atoms with Crippen molar-refractivity contribution in [3.05, 3.63) is 48.0 Å². The van der Waals surface area contributed by atoms with Crippen LogP contribution in [0.25, 0.3) is 5.52 Å². The van der Waals surface area contributed by atoms with Gasteiger partial charge in [-0.1, -0.05) is 30.5 Å². The highest BCUT2D eigenvalue weighted by Gasteiger charge is 2.47. The summed E-state index contributed by atoms with van der Waals surface area (Å²) in [6.07, 6.45) is 10.9. The predicted octanol–water partition coefficient (Wildman–Crippen LogP) is 2.99. The number of amides is 1. The van der Waals surface area contributed by atoms with Gasteiger partial charge in [-0.2, -0.15) is 10.4 Å². The van der Waals surface area contributed by atoms with Crippen LogP contribution in [-0.4, -0.2) is 30.5 Å². The van der Waals surface area contributed by atoms with E-state index in [9.17, 15) is 10.1 Å². The van der Waals surface area contributed by atoms with Crippen molar-refractivity contribution in [1.29, 1.82) is 5.26 Å². The lowest BCUT2D eigenvalue weighted by molar-refractivity contribution is 0.0905. The third kappa shape index (κ3) is 3.27. The highest BCUT2D eigenvalue weighted by Crippen LogP contribution is 2.42. The molecule has 1 amide bonds. The lowest BCUT2D eigenvalue weighted by atomic mass is 9.82. The van der Waals surface area contributed by atoms with Crippen molar-refractivity contribution in [2.24, 2.45) is 5.92 Å². The molecular formula is C21H23N7O. The van der Waals surface area contributed by atoms with Gasteiger partial charge in [0.1, 0.15) is 5.69 Å². The maximum Gasteiger partial charge on any atom is 0.272 e. The van der Waals surface area contributed by atoms with Crippen LogP contribution in [0.1, 0.15) is 67.2 Å². The van der Waals surface area contributed by atoms with Gasteiger partial charge in [0.15, 0.2) is 11.2 Å². The molecule has 3 heterocycles. The van der Waals surface area contributed by atoms with Crippen LogP contribution >= 0.6 is 0 Å². The summed E-state index contributed by atoms with van der Waals surface area (Å²) in [5.74, 6) is 0.104. The number of pyridine rings is 1. The second-order valence-electron chi connectivity index (χ2n) is 8.18. The molecule has 8 heteroatoms. The molecule has 5 rings (SSSR count). The van der Waals surface area contributed by atoms with E-state index in [-0.39, 0.29) is 11.9 Å². The van der Waals surface area contributed by atoms with Gasteiger partial charge in [-0.15, -0.1) is 5.10 Å². The fraction of sp³-hybridized carbons (Fsp3) is 0.476. The maximum absolute atomic E-state index is 13.0. The molecule has 2 aliphatic carbocycles. The summed E-state index contributed by atoms with van der Waals surface area (Å²) in [5, 5.41) is 25.6. The Morgan fingerprint density at radius 3 is 2.83 bits per heavy atom. The molecule has 3 aromatic rings. The van der Waals surface area contributed by atoms with Crippen molar-refractivity contribution < 1.29 is 4.79 Å². The first-order valence-corrected chi connectivity index (χ1v) is 10.3. The summed E-state index contributed by atoms with van der Waals surface area (Å²) in [6.45, 7) is 0. The van der Waals surface area contributed by atoms with Crippen LogP contribution in [0.15, 0.2) is 36.7 Å². The Labute approximate surface area is 168 Å². The van der Waals surface area contributed by atoms with Crippen molar-refractivity contribution >= 4 is 11.4 Å². The minimum absolute atomic E-state index is 0.208. The molecule has 2 saturated carbocycles. The molecule has 3 aromatic heterocycles. The molecule has 0 spiro atoms. The molecule has 29 heavy (non-hydrogen) atoms. The number of hydrogen-bond acceptors (Lipinski definition) is 5. The van der Waals surface area contributed by atoms with Crippen molar-refractivity contribution in [2.75, 3.05) is 0 Å². The Morgan fingerprint density at radius 1 is 1.28 bits per heavy atom. The smallest absolute Gasteiger partial charge is 0.272 e. The topological polar surface area (TPSA) is 101 Å². The Kier molecular flexibility index (Phi) is 4.31. The first kappa shape index (κ1) is 17.9. The molecule has 8 nitrogen and oxygen atoms in total. The number of hydrogen-bond donors (Lipinski definition) is 1. The van der Waals surface area contributed by atoms with Gasteiger partial charge in [-0.25, -0.2) is 9.20 Å². The zero-order valence-corrected chi connectivity index (χ0v) is 16.2. The standard InChI is InChI=1S/C21H23N7O/c22-14-21(9-10-21)28-13-18(24-26-28)19(15-6-2-1-3-7-15)23-20(29)17-12-16-8-4-5-11-27(16)25-17/h4-5,8,11-13,15,19H,1-3,6-7,9-10H2,(H,23,29)/t19-/m0/s1. The van der Waals surface area contributed by atoms with Gasteiger partial charge >= 0.3 is 0 Å². The number of nitrogens with one attached hydrogen (secondary N) is 1. The SMILES string of the molecule is N#CC1(n2cc([C@@H](NC(=O)c3cc4ccccn4n3)C3CCCCC3)nn2)CC1. The summed E-state index contributed by atoms with van der Waals surface area (Å²) < 4.78 is 3.37. The Balaban J connectivity index is 1.43. The number of nitriles is 1. The molecular weight excluding hydrogens is 366 g/mol. The molecule has 0 aromatic carbocycles. The second kappa shape index (κ2) is 6.99. The summed E-state index contributed by atoms with van der Waals surface area (Å²) in [7, 11) is 0. The Morgan fingerprint density at radius 2 is 2.10 bits per heavy atom. The van der Waals surface area contributed by atoms with Crippen molar-refractivity contribution in [2.45, 2.75) is 56.5 Å². The minimum atomic E-state index is -0.548. The molecule has 0 unspecified atom stereocenters. The van der Waals surface area contributed by atoms with E-state index in [2.05, 4.69) is 26.8 Å². The van der Waals surface area contributed by atoms with Crippen LogP contribution in [0.3, 0.4) is 0 Å². The van der Waals surface area contributed by atoms with Crippen LogP contribution in [0, 0.1) is 17.2 Å². The average molecular weight is 389 g/mol. The molecule has 0 saturated heterocycles. The van der Waals surface area contributed by atoms with E-state index >= 15 is 0 Å². The monoisotopic (exact) mass is 389 g/mol. The molecule has 0 bridgehead atoms. The first-order chi connectivity index (χ1) is 14.2. The van der Waals surface area contributed by atoms with E-state index in [0.29, 0.717) is 11.6 Å². The van der Waals surface area contributed by atoms with Gasteiger partial charge in [0.25, 0.3) is 5.91 Å². The van der Waals surface area contributed by atoms with Crippen LogP contribution in [-0.2, 0) is 5.54 Å². The first-order valence-electron chi connectivity index (χ1n) is 10.3. The second-order valence-corrected chi connectivity index (χ2v) is 8.18. The van der Waals surface area contributed by atoms with Gasteiger partial charge in [0.2, 0.25) is 0 Å². The van der Waals surface area contributed by atoms with Gasteiger partial charge in [0, 0.05) is 6.20 Å². The third-order valence-corrected chi connectivity index (χ3v) is 6.21. The molecule has 1 N–H and O–H groups in total. The van der Waals surface area contributed by atoms with E-state index in [4.69, 9.17) is 0 Å². The zero-order valence-electron chi connectivity index (χ0n) is 16.2. The fourth-order valence-electron chi connectivity index (χ4n) is 4.30. The Hall–Kier alpha value is -3.21. The van der Waals surface area contributed by atoms with Gasteiger partial charge in [-0.3, -0.25) is 4.79 Å². The highest BCUT2D eigenvalue weighted by atomic mass is 16.2. The zero-order chi connectivity index (χ0) is 19.8. The normalized spacial score (nSPS) is 19.6. The van der Waals surface area contributed by atoms with Gasteiger partial charge in [0.05, 0.1) is 23.8 Å². The number of aromatic nitrogens is 5. The van der Waals surface area contributed by atoms with E-state index in [0.717, 1.165) is 49.7 Å². The summed E-state index contributed by atoms with van der Waals surface area (Å²) >= 11 is 0. The number of carbonyl (C=O) groups excluding carboxylic acids is 1. The minimum Gasteiger partial charge on any atom is -0.342 e. The van der Waals surface area contributed by atoms with Crippen LogP contribution in [0.2, 0.25) is 0 Å². The largest absolute Gasteiger partial charge is 0.342 e. The highest BCUT2D eigenvalue weighted by molar-refractivity contribution is 5.93. The van der Waals surface area contributed by atoms with Crippen molar-refractivity contribution in [3.8, 4) is 6.07 Å². The Bertz CT molecular complexity index is 1050. The summed E-state index contributed by atoms with van der Waals surface area (Å²) in [6, 6.07) is 9.63. The van der Waals surface area contributed by atoms with E-state index in [1.807, 2.05) is 30.6 Å². The van der Waals surface area contributed by atoms with Gasteiger partial charge < -0.3 is 5.32 Å². The summed E-state index contributed by atoms with van der Waals surface area (Å²) in [5.41, 5.74) is 1.45. The number of nitrogens with zero attached hydrogens (tertiary/aromatic N) is 6. The third-order valence-electron chi connectivity index (χ3n) is 6.21. The molecule has 0 aliphatic heterocycles. The average Bonchev–Trinajstić information content (AvgIpc) is 3.20. The molecule has 148 valence electrons. The van der Waals surface area contributed by atoms with Crippen LogP contribution < -0.4 is 5.32 Å². The van der Waals surface area contributed by atoms with Crippen molar-refractivity contribution in [3.63, 3.8) is 0 Å². The van der Waals surface area contributed by atoms with Crippen LogP contribution in [0.4, 0.5) is 0 Å². The van der Waals surface area contributed by atoms with Crippen molar-refractivity contribution in [1.82, 2.24) is 29.9 Å². The van der Waals surface area contributed by atoms with Crippen LogP contribution in [0.5, 0.6) is 0 Å². The number of fused-ring (bicyclic) bond motifs is 1.